The summed E-state index contributed by atoms with van der Waals surface area (Å²) >= 11 is 0. The molecule has 2 nitrogen and oxygen atoms in total. The summed E-state index contributed by atoms with van der Waals surface area (Å²) in [5.41, 5.74) is 0. The molecule has 13 heavy (non-hydrogen) atoms. The second kappa shape index (κ2) is 5.61. The number of hydrogen-bond donors (Lipinski definition) is 2. The van der Waals surface area contributed by atoms with E-state index in [1.54, 1.807) is 0 Å². The van der Waals surface area contributed by atoms with Gasteiger partial charge in [-0.2, -0.15) is 0 Å². The Balaban J connectivity index is 2.43. The third kappa shape index (κ3) is 3.28. The van der Waals surface area contributed by atoms with Gasteiger partial charge < -0.3 is 10.4 Å². The number of hydrogen-bond acceptors (Lipinski definition) is 2. The number of aliphatic hydroxyl groups excluding tert-OH is 1. The molecule has 2 heteroatoms. The molecule has 2 N–H and O–H groups in total. The largest absolute Gasteiger partial charge is 0.393 e. The van der Waals surface area contributed by atoms with E-state index in [0.29, 0.717) is 12.0 Å². The molecule has 0 aromatic heterocycles. The highest BCUT2D eigenvalue weighted by Crippen LogP contribution is 2.25. The first-order chi connectivity index (χ1) is 6.25. The van der Waals surface area contributed by atoms with E-state index < -0.39 is 0 Å². The topological polar surface area (TPSA) is 32.3 Å². The molecule has 1 aliphatic rings. The van der Waals surface area contributed by atoms with E-state index >= 15 is 0 Å². The monoisotopic (exact) mass is 185 g/mol. The van der Waals surface area contributed by atoms with E-state index in [4.69, 9.17) is 0 Å². The molecule has 1 aliphatic carbocycles. The maximum atomic E-state index is 9.91. The van der Waals surface area contributed by atoms with E-state index in [2.05, 4.69) is 19.2 Å². The highest BCUT2D eigenvalue weighted by molar-refractivity contribution is 4.80. The van der Waals surface area contributed by atoms with Crippen LogP contribution in [0.1, 0.15) is 46.0 Å². The van der Waals surface area contributed by atoms with E-state index in [1.807, 2.05) is 0 Å². The SMILES string of the molecule is CCNC(C)C1CCCCCC1O. The number of nitrogens with one attached hydrogen (secondary N) is 1. The van der Waals surface area contributed by atoms with Crippen LogP contribution in [0.2, 0.25) is 0 Å². The molecular formula is C11H23NO. The highest BCUT2D eigenvalue weighted by Gasteiger charge is 2.25. The van der Waals surface area contributed by atoms with Crippen LogP contribution in [0, 0.1) is 5.92 Å². The second-order valence-electron chi connectivity index (χ2n) is 4.22. The Bertz CT molecular complexity index is 138. The average molecular weight is 185 g/mol. The minimum absolute atomic E-state index is 0.0726. The zero-order valence-electron chi connectivity index (χ0n) is 8.92. The lowest BCUT2D eigenvalue weighted by atomic mass is 9.90. The van der Waals surface area contributed by atoms with E-state index in [9.17, 15) is 5.11 Å². The van der Waals surface area contributed by atoms with Gasteiger partial charge in [0.25, 0.3) is 0 Å². The Morgan fingerprint density at radius 1 is 1.31 bits per heavy atom. The van der Waals surface area contributed by atoms with Gasteiger partial charge in [-0.3, -0.25) is 0 Å². The van der Waals surface area contributed by atoms with E-state index in [1.165, 1.54) is 25.7 Å². The summed E-state index contributed by atoms with van der Waals surface area (Å²) in [5, 5.41) is 13.3. The Morgan fingerprint density at radius 3 is 2.69 bits per heavy atom. The quantitative estimate of drug-likeness (QED) is 0.658. The molecular weight excluding hydrogens is 162 g/mol. The van der Waals surface area contributed by atoms with Crippen LogP contribution in [0.3, 0.4) is 0 Å². The van der Waals surface area contributed by atoms with Crippen molar-refractivity contribution < 1.29 is 5.11 Å². The van der Waals surface area contributed by atoms with Gasteiger partial charge in [-0.1, -0.05) is 26.2 Å². The van der Waals surface area contributed by atoms with Crippen LogP contribution in [0.15, 0.2) is 0 Å². The van der Waals surface area contributed by atoms with Crippen molar-refractivity contribution in [2.75, 3.05) is 6.54 Å². The predicted octanol–water partition coefficient (Wildman–Crippen LogP) is 1.93. The molecule has 0 aliphatic heterocycles. The zero-order chi connectivity index (χ0) is 9.68. The molecule has 0 saturated heterocycles. The van der Waals surface area contributed by atoms with Crippen LogP contribution in [0.25, 0.3) is 0 Å². The maximum absolute atomic E-state index is 9.91. The van der Waals surface area contributed by atoms with Gasteiger partial charge >= 0.3 is 0 Å². The minimum Gasteiger partial charge on any atom is -0.393 e. The average Bonchev–Trinajstić information content (AvgIpc) is 2.30. The summed E-state index contributed by atoms with van der Waals surface area (Å²) in [6.45, 7) is 5.33. The molecule has 0 radical (unpaired) electrons. The van der Waals surface area contributed by atoms with Gasteiger partial charge in [-0.15, -0.1) is 0 Å². The summed E-state index contributed by atoms with van der Waals surface area (Å²) in [4.78, 5) is 0. The van der Waals surface area contributed by atoms with Crippen LogP contribution in [-0.4, -0.2) is 23.8 Å². The number of aliphatic hydroxyl groups is 1. The molecule has 3 atom stereocenters. The summed E-state index contributed by atoms with van der Waals surface area (Å²) in [7, 11) is 0. The summed E-state index contributed by atoms with van der Waals surface area (Å²) < 4.78 is 0. The van der Waals surface area contributed by atoms with Crippen LogP contribution >= 0.6 is 0 Å². The van der Waals surface area contributed by atoms with Crippen molar-refractivity contribution in [3.8, 4) is 0 Å². The third-order valence-electron chi connectivity index (χ3n) is 3.20. The fourth-order valence-electron chi connectivity index (χ4n) is 2.37. The minimum atomic E-state index is -0.0726. The Morgan fingerprint density at radius 2 is 2.00 bits per heavy atom. The molecule has 0 amide bonds. The van der Waals surface area contributed by atoms with E-state index in [-0.39, 0.29) is 6.10 Å². The first-order valence-electron chi connectivity index (χ1n) is 5.67. The normalized spacial score (nSPS) is 32.5. The summed E-state index contributed by atoms with van der Waals surface area (Å²) in [6.07, 6.45) is 5.91. The predicted molar refractivity (Wildman–Crippen MR) is 55.7 cm³/mol. The van der Waals surface area contributed by atoms with Crippen molar-refractivity contribution in [1.82, 2.24) is 5.32 Å². The molecule has 1 fully saturated rings. The first kappa shape index (κ1) is 11.0. The summed E-state index contributed by atoms with van der Waals surface area (Å²) in [6, 6.07) is 0.470. The van der Waals surface area contributed by atoms with Crippen molar-refractivity contribution in [1.29, 1.82) is 0 Å². The van der Waals surface area contributed by atoms with Crippen LogP contribution < -0.4 is 5.32 Å². The van der Waals surface area contributed by atoms with Crippen molar-refractivity contribution in [3.63, 3.8) is 0 Å². The van der Waals surface area contributed by atoms with Crippen molar-refractivity contribution in [2.45, 2.75) is 58.1 Å². The molecule has 0 aromatic rings. The molecule has 0 aromatic carbocycles. The first-order valence-corrected chi connectivity index (χ1v) is 5.67. The molecule has 78 valence electrons. The Labute approximate surface area is 81.7 Å². The van der Waals surface area contributed by atoms with Gasteiger partial charge in [0, 0.05) is 6.04 Å². The molecule has 0 spiro atoms. The van der Waals surface area contributed by atoms with Crippen LogP contribution in [0.5, 0.6) is 0 Å². The highest BCUT2D eigenvalue weighted by atomic mass is 16.3. The lowest BCUT2D eigenvalue weighted by Crippen LogP contribution is -2.39. The maximum Gasteiger partial charge on any atom is 0.0583 e. The van der Waals surface area contributed by atoms with Gasteiger partial charge in [0.1, 0.15) is 0 Å². The van der Waals surface area contributed by atoms with Gasteiger partial charge in [0.2, 0.25) is 0 Å². The lowest BCUT2D eigenvalue weighted by Gasteiger charge is -2.27. The molecule has 0 bridgehead atoms. The Hall–Kier alpha value is -0.0800. The van der Waals surface area contributed by atoms with Gasteiger partial charge in [0.05, 0.1) is 6.10 Å². The van der Waals surface area contributed by atoms with E-state index in [0.717, 1.165) is 13.0 Å². The second-order valence-corrected chi connectivity index (χ2v) is 4.22. The fraction of sp³-hybridized carbons (Fsp3) is 1.00. The lowest BCUT2D eigenvalue weighted by molar-refractivity contribution is 0.0819. The fourth-order valence-corrected chi connectivity index (χ4v) is 2.37. The third-order valence-corrected chi connectivity index (χ3v) is 3.20. The molecule has 3 unspecified atom stereocenters. The van der Waals surface area contributed by atoms with Crippen molar-refractivity contribution in [3.05, 3.63) is 0 Å². The van der Waals surface area contributed by atoms with Gasteiger partial charge in [0.15, 0.2) is 0 Å². The molecule has 1 saturated carbocycles. The van der Waals surface area contributed by atoms with Crippen LogP contribution in [-0.2, 0) is 0 Å². The smallest absolute Gasteiger partial charge is 0.0583 e. The van der Waals surface area contributed by atoms with Crippen molar-refractivity contribution >= 4 is 0 Å². The Kier molecular flexibility index (Phi) is 4.74. The van der Waals surface area contributed by atoms with Crippen molar-refractivity contribution in [2.24, 2.45) is 5.92 Å². The standard InChI is InChI=1S/C11H23NO/c1-3-12-9(2)10-7-5-4-6-8-11(10)13/h9-13H,3-8H2,1-2H3. The summed E-state index contributed by atoms with van der Waals surface area (Å²) in [5.74, 6) is 0.474. The number of rotatable bonds is 3. The van der Waals surface area contributed by atoms with Gasteiger partial charge in [-0.05, 0) is 32.2 Å². The molecule has 1 rings (SSSR count). The zero-order valence-corrected chi connectivity index (χ0v) is 8.92. The van der Waals surface area contributed by atoms with Gasteiger partial charge in [-0.25, -0.2) is 0 Å². The molecule has 0 heterocycles. The van der Waals surface area contributed by atoms with Crippen LogP contribution in [0.4, 0.5) is 0 Å².